The third kappa shape index (κ3) is 3.22. The van der Waals surface area contributed by atoms with E-state index < -0.39 is 0 Å². The van der Waals surface area contributed by atoms with Crippen LogP contribution in [0.3, 0.4) is 0 Å². The minimum absolute atomic E-state index is 0.0395. The quantitative estimate of drug-likeness (QED) is 0.620. The molecule has 0 aromatic carbocycles. The minimum atomic E-state index is -0.246. The maximum atomic E-state index is 12.5. The van der Waals surface area contributed by atoms with Crippen molar-refractivity contribution in [3.05, 3.63) is 0 Å². The Morgan fingerprint density at radius 3 is 2.35 bits per heavy atom. The average molecular weight is 278 g/mol. The van der Waals surface area contributed by atoms with E-state index in [1.54, 1.807) is 4.90 Å². The van der Waals surface area contributed by atoms with Crippen LogP contribution in [-0.2, 0) is 9.59 Å². The van der Waals surface area contributed by atoms with Crippen molar-refractivity contribution in [2.45, 2.75) is 76.3 Å². The van der Waals surface area contributed by atoms with Crippen LogP contribution in [0.15, 0.2) is 0 Å². The molecule has 4 heteroatoms. The minimum Gasteiger partial charge on any atom is -0.305 e. The van der Waals surface area contributed by atoms with Crippen molar-refractivity contribution in [3.8, 4) is 0 Å². The number of nitrogens with one attached hydrogen (secondary N) is 1. The van der Waals surface area contributed by atoms with Crippen molar-refractivity contribution >= 4 is 11.8 Å². The molecule has 20 heavy (non-hydrogen) atoms. The highest BCUT2D eigenvalue weighted by Crippen LogP contribution is 2.32. The number of rotatable bonds is 5. The Morgan fingerprint density at radius 1 is 1.00 bits per heavy atom. The van der Waals surface area contributed by atoms with Gasteiger partial charge in [0.1, 0.15) is 0 Å². The van der Waals surface area contributed by atoms with Gasteiger partial charge in [0, 0.05) is 6.04 Å². The Morgan fingerprint density at radius 2 is 1.70 bits per heavy atom. The fourth-order valence-corrected chi connectivity index (χ4v) is 3.58. The van der Waals surface area contributed by atoms with E-state index in [-0.39, 0.29) is 23.9 Å². The van der Waals surface area contributed by atoms with E-state index in [0.717, 1.165) is 44.6 Å². The van der Waals surface area contributed by atoms with E-state index in [0.29, 0.717) is 6.42 Å². The second-order valence-corrected chi connectivity index (χ2v) is 6.69. The molecule has 1 N–H and O–H groups in total. The van der Waals surface area contributed by atoms with Gasteiger partial charge in [0.25, 0.3) is 0 Å². The second-order valence-electron chi connectivity index (χ2n) is 6.69. The van der Waals surface area contributed by atoms with Gasteiger partial charge in [-0.15, -0.1) is 0 Å². The smallest absolute Gasteiger partial charge is 0.247 e. The monoisotopic (exact) mass is 278 g/mol. The average Bonchev–Trinajstić information content (AvgIpc) is 3.21. The summed E-state index contributed by atoms with van der Waals surface area (Å²) in [5.74, 6) is 0.955. The van der Waals surface area contributed by atoms with Gasteiger partial charge in [0.2, 0.25) is 11.8 Å². The van der Waals surface area contributed by atoms with Crippen molar-refractivity contribution < 1.29 is 9.59 Å². The van der Waals surface area contributed by atoms with E-state index in [2.05, 4.69) is 5.32 Å². The maximum Gasteiger partial charge on any atom is 0.247 e. The molecule has 2 aliphatic carbocycles. The zero-order valence-corrected chi connectivity index (χ0v) is 12.3. The number of likely N-dealkylation sites (tertiary alicyclic amines) is 1. The first kappa shape index (κ1) is 14.1. The van der Waals surface area contributed by atoms with Crippen LogP contribution in [0.1, 0.15) is 64.2 Å². The maximum absolute atomic E-state index is 12.5. The van der Waals surface area contributed by atoms with Crippen LogP contribution in [0, 0.1) is 5.92 Å². The van der Waals surface area contributed by atoms with E-state index in [1.807, 2.05) is 0 Å². The fraction of sp³-hybridized carbons (Fsp3) is 0.875. The van der Waals surface area contributed by atoms with Crippen LogP contribution in [0.4, 0.5) is 0 Å². The van der Waals surface area contributed by atoms with Gasteiger partial charge in [-0.25, -0.2) is 0 Å². The number of carbonyl (C=O) groups excluding carboxylic acids is 2. The van der Waals surface area contributed by atoms with Crippen molar-refractivity contribution in [1.29, 1.82) is 0 Å². The van der Waals surface area contributed by atoms with Crippen LogP contribution in [0.25, 0.3) is 0 Å². The first-order valence-corrected chi connectivity index (χ1v) is 8.35. The normalized spacial score (nSPS) is 29.0. The standard InChI is InChI=1S/C16H26N2O2/c19-15-11-14(17-10-9-12-7-8-12)16(20)18(15)13-5-3-1-2-4-6-13/h12-14,17H,1-11H2. The Kier molecular flexibility index (Phi) is 4.39. The molecule has 1 saturated heterocycles. The largest absolute Gasteiger partial charge is 0.305 e. The molecule has 0 spiro atoms. The summed E-state index contributed by atoms with van der Waals surface area (Å²) in [6, 6.07) is -0.0720. The van der Waals surface area contributed by atoms with Crippen LogP contribution >= 0.6 is 0 Å². The number of amides is 2. The summed E-state index contributed by atoms with van der Waals surface area (Å²) in [7, 11) is 0. The highest BCUT2D eigenvalue weighted by molar-refractivity contribution is 6.05. The molecule has 2 amide bonds. The van der Waals surface area contributed by atoms with E-state index >= 15 is 0 Å². The lowest BCUT2D eigenvalue weighted by Gasteiger charge is -2.25. The van der Waals surface area contributed by atoms with Crippen LogP contribution in [-0.4, -0.2) is 35.3 Å². The van der Waals surface area contributed by atoms with Gasteiger partial charge in [-0.05, 0) is 31.7 Å². The van der Waals surface area contributed by atoms with Crippen LogP contribution < -0.4 is 5.32 Å². The number of hydrogen-bond acceptors (Lipinski definition) is 3. The third-order valence-corrected chi connectivity index (χ3v) is 5.01. The predicted molar refractivity (Wildman–Crippen MR) is 77.1 cm³/mol. The third-order valence-electron chi connectivity index (χ3n) is 5.01. The molecule has 3 rings (SSSR count). The number of hydrogen-bond donors (Lipinski definition) is 1. The molecule has 3 fully saturated rings. The molecule has 0 aromatic heterocycles. The number of nitrogens with zero attached hydrogens (tertiary/aromatic N) is 1. The van der Waals surface area contributed by atoms with Gasteiger partial charge in [-0.1, -0.05) is 38.5 Å². The van der Waals surface area contributed by atoms with Gasteiger partial charge in [-0.3, -0.25) is 14.5 Å². The Hall–Kier alpha value is -0.900. The summed E-state index contributed by atoms with van der Waals surface area (Å²) in [5.41, 5.74) is 0. The van der Waals surface area contributed by atoms with E-state index in [1.165, 1.54) is 25.7 Å². The summed E-state index contributed by atoms with van der Waals surface area (Å²) >= 11 is 0. The van der Waals surface area contributed by atoms with Gasteiger partial charge >= 0.3 is 0 Å². The molecule has 1 heterocycles. The fourth-order valence-electron chi connectivity index (χ4n) is 3.58. The summed E-state index contributed by atoms with van der Waals surface area (Å²) < 4.78 is 0. The van der Waals surface area contributed by atoms with Crippen molar-refractivity contribution in [2.24, 2.45) is 5.92 Å². The molecule has 112 valence electrons. The second kappa shape index (κ2) is 6.25. The van der Waals surface area contributed by atoms with Gasteiger partial charge in [0.15, 0.2) is 0 Å². The summed E-state index contributed by atoms with van der Waals surface area (Å²) in [5, 5.41) is 3.31. The Balaban J connectivity index is 1.54. The molecule has 0 radical (unpaired) electrons. The lowest BCUT2D eigenvalue weighted by Crippen LogP contribution is -2.44. The molecular weight excluding hydrogens is 252 g/mol. The van der Waals surface area contributed by atoms with Crippen LogP contribution in [0.5, 0.6) is 0 Å². The molecule has 1 unspecified atom stereocenters. The van der Waals surface area contributed by atoms with Crippen LogP contribution in [0.2, 0.25) is 0 Å². The number of imide groups is 1. The molecule has 3 aliphatic rings. The topological polar surface area (TPSA) is 49.4 Å². The SMILES string of the molecule is O=C1CC(NCCC2CC2)C(=O)N1C1CCCCCC1. The molecular formula is C16H26N2O2. The molecule has 1 aliphatic heterocycles. The van der Waals surface area contributed by atoms with Gasteiger partial charge in [0.05, 0.1) is 12.5 Å². The zero-order valence-electron chi connectivity index (χ0n) is 12.3. The summed E-state index contributed by atoms with van der Waals surface area (Å²) in [4.78, 5) is 26.2. The zero-order chi connectivity index (χ0) is 13.9. The summed E-state index contributed by atoms with van der Waals surface area (Å²) in [6.45, 7) is 0.882. The highest BCUT2D eigenvalue weighted by atomic mass is 16.2. The van der Waals surface area contributed by atoms with E-state index in [4.69, 9.17) is 0 Å². The first-order chi connectivity index (χ1) is 9.75. The van der Waals surface area contributed by atoms with Gasteiger partial charge < -0.3 is 5.32 Å². The number of carbonyl (C=O) groups is 2. The van der Waals surface area contributed by atoms with Gasteiger partial charge in [-0.2, -0.15) is 0 Å². The van der Waals surface area contributed by atoms with Crippen molar-refractivity contribution in [3.63, 3.8) is 0 Å². The predicted octanol–water partition coefficient (Wildman–Crippen LogP) is 2.23. The van der Waals surface area contributed by atoms with Crippen molar-refractivity contribution in [1.82, 2.24) is 10.2 Å². The molecule has 0 bridgehead atoms. The highest BCUT2D eigenvalue weighted by Gasteiger charge is 2.41. The molecule has 0 aromatic rings. The van der Waals surface area contributed by atoms with Crippen molar-refractivity contribution in [2.75, 3.05) is 6.54 Å². The molecule has 2 saturated carbocycles. The molecule has 1 atom stereocenters. The summed E-state index contributed by atoms with van der Waals surface area (Å²) in [6.07, 6.45) is 11.0. The lowest BCUT2D eigenvalue weighted by atomic mass is 10.1. The Bertz CT molecular complexity index is 371. The lowest BCUT2D eigenvalue weighted by molar-refractivity contribution is -0.141. The first-order valence-electron chi connectivity index (χ1n) is 8.35. The molecule has 4 nitrogen and oxygen atoms in total. The van der Waals surface area contributed by atoms with E-state index in [9.17, 15) is 9.59 Å². The Labute approximate surface area is 121 Å².